The number of benzene rings is 2. The van der Waals surface area contributed by atoms with E-state index >= 15 is 0 Å². The van der Waals surface area contributed by atoms with Crippen molar-refractivity contribution in [3.63, 3.8) is 0 Å². The van der Waals surface area contributed by atoms with Gasteiger partial charge in [-0.25, -0.2) is 0 Å². The third kappa shape index (κ3) is 6.38. The molecule has 0 bridgehead atoms. The number of ether oxygens (including phenoxy) is 2. The molecule has 6 heteroatoms. The molecule has 0 spiro atoms. The van der Waals surface area contributed by atoms with Crippen molar-refractivity contribution in [1.82, 2.24) is 10.2 Å². The van der Waals surface area contributed by atoms with E-state index in [1.165, 1.54) is 24.8 Å². The van der Waals surface area contributed by atoms with Crippen molar-refractivity contribution in [3.8, 4) is 11.5 Å². The van der Waals surface area contributed by atoms with Crippen molar-refractivity contribution in [1.29, 1.82) is 0 Å². The van der Waals surface area contributed by atoms with E-state index in [0.29, 0.717) is 24.5 Å². The van der Waals surface area contributed by atoms with Crippen LogP contribution >= 0.6 is 12.4 Å². The van der Waals surface area contributed by atoms with Gasteiger partial charge >= 0.3 is 0 Å². The maximum Gasteiger partial charge on any atom is 0.255 e. The van der Waals surface area contributed by atoms with Crippen molar-refractivity contribution in [2.45, 2.75) is 38.6 Å². The van der Waals surface area contributed by atoms with Crippen LogP contribution < -0.4 is 14.8 Å². The summed E-state index contributed by atoms with van der Waals surface area (Å²) in [5.41, 5.74) is 1.79. The molecule has 0 radical (unpaired) electrons. The van der Waals surface area contributed by atoms with Crippen molar-refractivity contribution in [2.75, 3.05) is 33.4 Å². The second kappa shape index (κ2) is 12.5. The number of carbonyl (C=O) groups is 1. The molecule has 2 aromatic rings. The molecule has 0 aromatic heterocycles. The van der Waals surface area contributed by atoms with Crippen LogP contribution in [0.1, 0.15) is 54.6 Å². The van der Waals surface area contributed by atoms with E-state index in [1.807, 2.05) is 36.4 Å². The lowest BCUT2D eigenvalue weighted by Gasteiger charge is -2.35. The summed E-state index contributed by atoms with van der Waals surface area (Å²) in [5.74, 6) is 1.40. The van der Waals surface area contributed by atoms with Crippen LogP contribution in [0, 0.1) is 0 Å². The van der Waals surface area contributed by atoms with Gasteiger partial charge in [-0.3, -0.25) is 9.69 Å². The van der Waals surface area contributed by atoms with Crippen molar-refractivity contribution < 1.29 is 14.3 Å². The Labute approximate surface area is 186 Å². The summed E-state index contributed by atoms with van der Waals surface area (Å²) >= 11 is 0. The normalized spacial score (nSPS) is 15.0. The van der Waals surface area contributed by atoms with Crippen molar-refractivity contribution in [3.05, 3.63) is 59.7 Å². The molecule has 5 nitrogen and oxygen atoms in total. The van der Waals surface area contributed by atoms with E-state index in [0.717, 1.165) is 25.3 Å². The first kappa shape index (κ1) is 24.0. The van der Waals surface area contributed by atoms with Gasteiger partial charge in [0.15, 0.2) is 0 Å². The summed E-state index contributed by atoms with van der Waals surface area (Å²) in [6.45, 7) is 5.34. The summed E-state index contributed by atoms with van der Waals surface area (Å²) < 4.78 is 11.1. The molecular formula is C24H33ClN2O3. The van der Waals surface area contributed by atoms with Gasteiger partial charge in [-0.05, 0) is 62.2 Å². The lowest BCUT2D eigenvalue weighted by Crippen LogP contribution is -2.40. The number of para-hydroxylation sites is 1. The average molecular weight is 433 g/mol. The van der Waals surface area contributed by atoms with Crippen LogP contribution in [0.5, 0.6) is 11.5 Å². The quantitative estimate of drug-likeness (QED) is 0.614. The van der Waals surface area contributed by atoms with Gasteiger partial charge in [-0.2, -0.15) is 0 Å². The smallest absolute Gasteiger partial charge is 0.255 e. The number of methoxy groups -OCH3 is 1. The van der Waals surface area contributed by atoms with E-state index in [9.17, 15) is 4.79 Å². The highest BCUT2D eigenvalue weighted by atomic mass is 35.5. The molecule has 1 aliphatic rings. The first-order chi connectivity index (χ1) is 14.2. The first-order valence-corrected chi connectivity index (χ1v) is 10.6. The molecule has 2 aromatic carbocycles. The Hall–Kier alpha value is -2.24. The second-order valence-electron chi connectivity index (χ2n) is 7.44. The van der Waals surface area contributed by atoms with Gasteiger partial charge in [0, 0.05) is 6.54 Å². The van der Waals surface area contributed by atoms with Crippen LogP contribution in [-0.4, -0.2) is 44.2 Å². The number of amides is 1. The molecule has 1 unspecified atom stereocenters. The monoisotopic (exact) mass is 432 g/mol. The number of likely N-dealkylation sites (tertiary alicyclic amines) is 1. The molecule has 3 rings (SSSR count). The topological polar surface area (TPSA) is 50.8 Å². The standard InChI is InChI=1S/C24H32N2O3.ClH/c1-3-17-29-23-10-6-5-9-21(23)24(27)25-18-22(26-15-7-4-8-16-26)19-11-13-20(28-2)14-12-19;/h5-6,9-14,22H,3-4,7-8,15-18H2,1-2H3,(H,25,27);1H. The summed E-state index contributed by atoms with van der Waals surface area (Å²) in [6.07, 6.45) is 4.59. The number of hydrogen-bond acceptors (Lipinski definition) is 4. The van der Waals surface area contributed by atoms with Crippen LogP contribution in [0.4, 0.5) is 0 Å². The van der Waals surface area contributed by atoms with E-state index in [1.54, 1.807) is 7.11 Å². The number of hydrogen-bond donors (Lipinski definition) is 1. The first-order valence-electron chi connectivity index (χ1n) is 10.6. The van der Waals surface area contributed by atoms with Gasteiger partial charge in [0.25, 0.3) is 5.91 Å². The molecule has 1 fully saturated rings. The Morgan fingerprint density at radius 1 is 1.07 bits per heavy atom. The van der Waals surface area contributed by atoms with Gasteiger partial charge in [0.05, 0.1) is 25.3 Å². The van der Waals surface area contributed by atoms with Gasteiger partial charge in [0.2, 0.25) is 0 Å². The van der Waals surface area contributed by atoms with Gasteiger partial charge in [-0.1, -0.05) is 37.6 Å². The van der Waals surface area contributed by atoms with Crippen LogP contribution in [0.15, 0.2) is 48.5 Å². The Morgan fingerprint density at radius 3 is 2.43 bits per heavy atom. The van der Waals surface area contributed by atoms with Gasteiger partial charge in [0.1, 0.15) is 11.5 Å². The fourth-order valence-electron chi connectivity index (χ4n) is 3.79. The van der Waals surface area contributed by atoms with Gasteiger partial charge < -0.3 is 14.8 Å². The molecule has 1 atom stereocenters. The largest absolute Gasteiger partial charge is 0.497 e. The van der Waals surface area contributed by atoms with Crippen molar-refractivity contribution >= 4 is 18.3 Å². The second-order valence-corrected chi connectivity index (χ2v) is 7.44. The number of halogens is 1. The third-order valence-electron chi connectivity index (χ3n) is 5.38. The fraction of sp³-hybridized carbons (Fsp3) is 0.458. The Balaban J connectivity index is 0.00000320. The zero-order valence-corrected chi connectivity index (χ0v) is 18.7. The molecule has 1 heterocycles. The highest BCUT2D eigenvalue weighted by Crippen LogP contribution is 2.26. The average Bonchev–Trinajstić information content (AvgIpc) is 2.79. The molecule has 1 N–H and O–H groups in total. The predicted octanol–water partition coefficient (Wildman–Crippen LogP) is 4.86. The van der Waals surface area contributed by atoms with E-state index in [-0.39, 0.29) is 24.4 Å². The molecular weight excluding hydrogens is 400 g/mol. The number of nitrogens with one attached hydrogen (secondary N) is 1. The number of carbonyl (C=O) groups excluding carboxylic acids is 1. The zero-order valence-electron chi connectivity index (χ0n) is 17.9. The SMILES string of the molecule is CCCOc1ccccc1C(=O)NCC(c1ccc(OC)cc1)N1CCCCC1.Cl. The Kier molecular flexibility index (Phi) is 9.98. The Morgan fingerprint density at radius 2 is 1.77 bits per heavy atom. The summed E-state index contributed by atoms with van der Waals surface area (Å²) in [6, 6.07) is 15.8. The molecule has 164 valence electrons. The molecule has 1 amide bonds. The molecule has 0 aliphatic carbocycles. The van der Waals surface area contributed by atoms with Crippen molar-refractivity contribution in [2.24, 2.45) is 0 Å². The maximum absolute atomic E-state index is 12.9. The zero-order chi connectivity index (χ0) is 20.5. The summed E-state index contributed by atoms with van der Waals surface area (Å²) in [7, 11) is 1.68. The lowest BCUT2D eigenvalue weighted by atomic mass is 10.0. The predicted molar refractivity (Wildman–Crippen MR) is 123 cm³/mol. The summed E-state index contributed by atoms with van der Waals surface area (Å²) in [5, 5.41) is 3.15. The number of nitrogens with zero attached hydrogens (tertiary/aromatic N) is 1. The third-order valence-corrected chi connectivity index (χ3v) is 5.38. The lowest BCUT2D eigenvalue weighted by molar-refractivity contribution is 0.0920. The summed E-state index contributed by atoms with van der Waals surface area (Å²) in [4.78, 5) is 15.4. The van der Waals surface area contributed by atoms with E-state index in [4.69, 9.17) is 9.47 Å². The Bertz CT molecular complexity index is 776. The minimum absolute atomic E-state index is 0. The molecule has 30 heavy (non-hydrogen) atoms. The minimum atomic E-state index is -0.0905. The maximum atomic E-state index is 12.9. The number of piperidine rings is 1. The van der Waals surface area contributed by atoms with Gasteiger partial charge in [-0.15, -0.1) is 12.4 Å². The van der Waals surface area contributed by atoms with E-state index < -0.39 is 0 Å². The van der Waals surface area contributed by atoms with Crippen LogP contribution in [0.2, 0.25) is 0 Å². The van der Waals surface area contributed by atoms with Crippen LogP contribution in [0.3, 0.4) is 0 Å². The highest BCUT2D eigenvalue weighted by Gasteiger charge is 2.23. The van der Waals surface area contributed by atoms with Crippen LogP contribution in [0.25, 0.3) is 0 Å². The molecule has 1 saturated heterocycles. The van der Waals surface area contributed by atoms with E-state index in [2.05, 4.69) is 29.3 Å². The molecule has 1 aliphatic heterocycles. The highest BCUT2D eigenvalue weighted by molar-refractivity contribution is 5.96. The fourth-order valence-corrected chi connectivity index (χ4v) is 3.79. The molecule has 0 saturated carbocycles. The minimum Gasteiger partial charge on any atom is -0.497 e. The van der Waals surface area contributed by atoms with Crippen LogP contribution in [-0.2, 0) is 0 Å². The number of rotatable bonds is 9.